The number of hydrogen-bond donors (Lipinski definition) is 4. The highest BCUT2D eigenvalue weighted by Crippen LogP contribution is 2.34. The van der Waals surface area contributed by atoms with Crippen molar-refractivity contribution >= 4 is 38.6 Å². The third kappa shape index (κ3) is 6.10. The van der Waals surface area contributed by atoms with Crippen molar-refractivity contribution in [2.45, 2.75) is 19.6 Å². The second kappa shape index (κ2) is 10.8. The lowest BCUT2D eigenvalue weighted by Gasteiger charge is -2.22. The van der Waals surface area contributed by atoms with Gasteiger partial charge in [0.15, 0.2) is 11.3 Å². The molecule has 35 heavy (non-hydrogen) atoms. The lowest BCUT2D eigenvalue weighted by Crippen LogP contribution is -2.43. The molecule has 0 aliphatic carbocycles. The SMILES string of the molecule is CCOc1cc(C(Nc2ccc(C(=N)N)cc2)C(=O)NS(=O)(=O)N(C)C)cc2cc(COC)oc12. The number of anilines is 1. The molecule has 5 N–H and O–H groups in total. The Morgan fingerprint density at radius 3 is 2.46 bits per heavy atom. The number of nitrogen functional groups attached to an aromatic ring is 1. The van der Waals surface area contributed by atoms with Crippen LogP contribution in [0.1, 0.15) is 29.9 Å². The Balaban J connectivity index is 2.09. The van der Waals surface area contributed by atoms with Gasteiger partial charge in [0.2, 0.25) is 0 Å². The number of carbonyl (C=O) groups excluding carboxylic acids is 1. The van der Waals surface area contributed by atoms with Gasteiger partial charge in [-0.05, 0) is 55.0 Å². The second-order valence-electron chi connectivity index (χ2n) is 7.84. The summed E-state index contributed by atoms with van der Waals surface area (Å²) in [5, 5.41) is 11.3. The Morgan fingerprint density at radius 2 is 1.89 bits per heavy atom. The molecule has 2 aromatic carbocycles. The standard InChI is InChI=1S/C23H29N5O6S/c1-5-33-19-12-15(10-16-11-18(13-32-4)34-21(16)19)20(23(29)27-35(30,31)28(2)3)26-17-8-6-14(7-9-17)22(24)25/h6-12,20,26H,5,13H2,1-4H3,(H3,24,25)(H,27,29). The number of rotatable bonds is 11. The summed E-state index contributed by atoms with van der Waals surface area (Å²) in [6.07, 6.45) is 0. The minimum atomic E-state index is -4.04. The lowest BCUT2D eigenvalue weighted by atomic mass is 10.0. The van der Waals surface area contributed by atoms with Gasteiger partial charge in [0, 0.05) is 37.8 Å². The zero-order chi connectivity index (χ0) is 25.8. The summed E-state index contributed by atoms with van der Waals surface area (Å²) in [5.74, 6) is 0.0900. The summed E-state index contributed by atoms with van der Waals surface area (Å²) in [6.45, 7) is 2.42. The number of nitrogens with one attached hydrogen (secondary N) is 3. The normalized spacial score (nSPS) is 12.5. The Morgan fingerprint density at radius 1 is 1.20 bits per heavy atom. The molecular formula is C23H29N5O6S. The summed E-state index contributed by atoms with van der Waals surface area (Å²) in [6, 6.07) is 10.6. The van der Waals surface area contributed by atoms with Gasteiger partial charge in [-0.3, -0.25) is 10.2 Å². The monoisotopic (exact) mass is 503 g/mol. The first-order chi connectivity index (χ1) is 16.6. The van der Waals surface area contributed by atoms with Crippen LogP contribution in [0.25, 0.3) is 11.0 Å². The van der Waals surface area contributed by atoms with E-state index in [0.717, 1.165) is 4.31 Å². The number of nitrogens with zero attached hydrogens (tertiary/aromatic N) is 1. The van der Waals surface area contributed by atoms with E-state index in [1.165, 1.54) is 14.1 Å². The van der Waals surface area contributed by atoms with Crippen LogP contribution < -0.4 is 20.5 Å². The van der Waals surface area contributed by atoms with Crippen molar-refractivity contribution in [2.24, 2.45) is 5.73 Å². The third-order valence-electron chi connectivity index (χ3n) is 5.05. The first-order valence-corrected chi connectivity index (χ1v) is 12.1. The predicted molar refractivity (Wildman–Crippen MR) is 133 cm³/mol. The molecule has 3 rings (SSSR count). The Kier molecular flexibility index (Phi) is 7.99. The molecule has 3 aromatic rings. The van der Waals surface area contributed by atoms with E-state index in [4.69, 9.17) is 25.0 Å². The molecule has 1 amide bonds. The topological polar surface area (TPSA) is 160 Å². The Labute approximate surface area is 203 Å². The molecule has 0 radical (unpaired) electrons. The van der Waals surface area contributed by atoms with Crippen LogP contribution in [0, 0.1) is 5.41 Å². The van der Waals surface area contributed by atoms with E-state index in [-0.39, 0.29) is 12.4 Å². The van der Waals surface area contributed by atoms with E-state index >= 15 is 0 Å². The average Bonchev–Trinajstić information content (AvgIpc) is 3.20. The summed E-state index contributed by atoms with van der Waals surface area (Å²) < 4.78 is 44.5. The number of benzene rings is 2. The maximum absolute atomic E-state index is 13.2. The zero-order valence-corrected chi connectivity index (χ0v) is 20.7. The predicted octanol–water partition coefficient (Wildman–Crippen LogP) is 2.34. The minimum absolute atomic E-state index is 0.0958. The quantitative estimate of drug-likeness (QED) is 0.229. The fraction of sp³-hybridized carbons (Fsp3) is 0.304. The lowest BCUT2D eigenvalue weighted by molar-refractivity contribution is -0.120. The maximum Gasteiger partial charge on any atom is 0.303 e. The number of methoxy groups -OCH3 is 1. The average molecular weight is 504 g/mol. The fourth-order valence-corrected chi connectivity index (χ4v) is 3.88. The van der Waals surface area contributed by atoms with Gasteiger partial charge in [-0.15, -0.1) is 0 Å². The Hall–Kier alpha value is -3.61. The van der Waals surface area contributed by atoms with Gasteiger partial charge in [0.25, 0.3) is 5.91 Å². The van der Waals surface area contributed by atoms with Crippen molar-refractivity contribution in [2.75, 3.05) is 33.1 Å². The van der Waals surface area contributed by atoms with Crippen molar-refractivity contribution in [3.05, 3.63) is 59.4 Å². The van der Waals surface area contributed by atoms with E-state index in [0.29, 0.717) is 45.9 Å². The van der Waals surface area contributed by atoms with Crippen molar-refractivity contribution in [1.82, 2.24) is 9.03 Å². The molecule has 11 nitrogen and oxygen atoms in total. The van der Waals surface area contributed by atoms with Gasteiger partial charge < -0.3 is 24.9 Å². The number of nitrogens with two attached hydrogens (primary N) is 1. The van der Waals surface area contributed by atoms with Crippen molar-refractivity contribution < 1.29 is 27.1 Å². The number of furan rings is 1. The summed E-state index contributed by atoms with van der Waals surface area (Å²) >= 11 is 0. The zero-order valence-electron chi connectivity index (χ0n) is 19.9. The van der Waals surface area contributed by atoms with Crippen molar-refractivity contribution in [3.63, 3.8) is 0 Å². The summed E-state index contributed by atoms with van der Waals surface area (Å²) in [7, 11) is 0.147. The highest BCUT2D eigenvalue weighted by molar-refractivity contribution is 7.87. The van der Waals surface area contributed by atoms with Gasteiger partial charge in [0.1, 0.15) is 24.2 Å². The van der Waals surface area contributed by atoms with Crippen LogP contribution in [0.15, 0.2) is 46.9 Å². The number of ether oxygens (including phenoxy) is 2. The molecule has 12 heteroatoms. The summed E-state index contributed by atoms with van der Waals surface area (Å²) in [4.78, 5) is 13.2. The van der Waals surface area contributed by atoms with E-state index in [9.17, 15) is 13.2 Å². The van der Waals surface area contributed by atoms with Crippen LogP contribution in [0.4, 0.5) is 5.69 Å². The van der Waals surface area contributed by atoms with E-state index < -0.39 is 22.2 Å². The minimum Gasteiger partial charge on any atom is -0.490 e. The number of amides is 1. The molecule has 0 aliphatic rings. The van der Waals surface area contributed by atoms with Gasteiger partial charge in [-0.1, -0.05) is 0 Å². The van der Waals surface area contributed by atoms with Crippen LogP contribution in [0.2, 0.25) is 0 Å². The molecule has 1 aromatic heterocycles. The van der Waals surface area contributed by atoms with Crippen LogP contribution in [0.3, 0.4) is 0 Å². The largest absolute Gasteiger partial charge is 0.490 e. The van der Waals surface area contributed by atoms with E-state index in [2.05, 4.69) is 10.0 Å². The van der Waals surface area contributed by atoms with Crippen LogP contribution in [-0.4, -0.2) is 52.3 Å². The molecule has 1 atom stereocenters. The fourth-order valence-electron chi connectivity index (χ4n) is 3.33. The van der Waals surface area contributed by atoms with Crippen LogP contribution in [0.5, 0.6) is 5.75 Å². The van der Waals surface area contributed by atoms with Crippen LogP contribution >= 0.6 is 0 Å². The molecule has 1 heterocycles. The van der Waals surface area contributed by atoms with Crippen molar-refractivity contribution in [1.29, 1.82) is 5.41 Å². The molecule has 0 spiro atoms. The van der Waals surface area contributed by atoms with Crippen LogP contribution in [-0.2, 0) is 26.3 Å². The van der Waals surface area contributed by atoms with Gasteiger partial charge in [0.05, 0.1) is 6.61 Å². The number of amidine groups is 1. The maximum atomic E-state index is 13.2. The van der Waals surface area contributed by atoms with E-state index in [1.54, 1.807) is 49.6 Å². The molecule has 1 unspecified atom stereocenters. The first-order valence-electron chi connectivity index (χ1n) is 10.7. The van der Waals surface area contributed by atoms with Crippen molar-refractivity contribution in [3.8, 4) is 5.75 Å². The van der Waals surface area contributed by atoms with Gasteiger partial charge in [-0.2, -0.15) is 12.7 Å². The molecule has 0 aliphatic heterocycles. The number of carbonyl (C=O) groups is 1. The molecule has 0 saturated heterocycles. The van der Waals surface area contributed by atoms with Gasteiger partial charge in [-0.25, -0.2) is 4.72 Å². The second-order valence-corrected chi connectivity index (χ2v) is 9.72. The number of fused-ring (bicyclic) bond motifs is 1. The summed E-state index contributed by atoms with van der Waals surface area (Å²) in [5.41, 5.74) is 7.49. The molecule has 0 fully saturated rings. The molecule has 188 valence electrons. The highest BCUT2D eigenvalue weighted by atomic mass is 32.2. The van der Waals surface area contributed by atoms with Gasteiger partial charge >= 0.3 is 10.2 Å². The Bertz CT molecular complexity index is 1320. The van der Waals surface area contributed by atoms with E-state index in [1.807, 2.05) is 6.92 Å². The highest BCUT2D eigenvalue weighted by Gasteiger charge is 2.28. The smallest absolute Gasteiger partial charge is 0.303 e. The first kappa shape index (κ1) is 26.0. The third-order valence-corrected chi connectivity index (χ3v) is 6.48. The molecule has 0 saturated carbocycles. The number of hydrogen-bond acceptors (Lipinski definition) is 8. The molecule has 0 bridgehead atoms. The molecular weight excluding hydrogens is 474 g/mol.